The van der Waals surface area contributed by atoms with Gasteiger partial charge in [0.1, 0.15) is 6.17 Å². The number of nitrogens with one attached hydrogen (secondary N) is 1. The molecule has 70 valence electrons. The zero-order valence-electron chi connectivity index (χ0n) is 7.56. The number of alkyl halides is 1. The van der Waals surface area contributed by atoms with E-state index in [2.05, 4.69) is 5.32 Å². The third-order valence-electron chi connectivity index (χ3n) is 3.38. The molecule has 0 spiro atoms. The summed E-state index contributed by atoms with van der Waals surface area (Å²) in [4.78, 5) is 0. The molecule has 0 aromatic carbocycles. The molecule has 2 rings (SSSR count). The molecule has 2 heteroatoms. The van der Waals surface area contributed by atoms with Gasteiger partial charge in [0.2, 0.25) is 0 Å². The van der Waals surface area contributed by atoms with E-state index in [-0.39, 0.29) is 0 Å². The molecule has 0 radical (unpaired) electrons. The maximum atomic E-state index is 13.5. The summed E-state index contributed by atoms with van der Waals surface area (Å²) >= 11 is 0. The minimum Gasteiger partial charge on any atom is -0.316 e. The van der Waals surface area contributed by atoms with Crippen LogP contribution in [0.2, 0.25) is 0 Å². The normalized spacial score (nSPS) is 33.2. The largest absolute Gasteiger partial charge is 0.316 e. The molecule has 2 atom stereocenters. The van der Waals surface area contributed by atoms with Gasteiger partial charge in [0, 0.05) is 0 Å². The molecule has 1 aliphatic carbocycles. The van der Waals surface area contributed by atoms with Crippen molar-refractivity contribution >= 4 is 0 Å². The van der Waals surface area contributed by atoms with Crippen molar-refractivity contribution < 1.29 is 4.39 Å². The van der Waals surface area contributed by atoms with E-state index in [9.17, 15) is 4.39 Å². The Labute approximate surface area is 73.7 Å². The summed E-state index contributed by atoms with van der Waals surface area (Å²) in [5.74, 6) is 1.05. The molecule has 0 aromatic heterocycles. The molecule has 0 amide bonds. The van der Waals surface area contributed by atoms with Crippen molar-refractivity contribution in [3.8, 4) is 0 Å². The first-order valence-electron chi connectivity index (χ1n) is 5.21. The molecule has 1 saturated carbocycles. The van der Waals surface area contributed by atoms with Crippen molar-refractivity contribution in [1.29, 1.82) is 0 Å². The van der Waals surface area contributed by atoms with Crippen LogP contribution in [0.5, 0.6) is 0 Å². The lowest BCUT2D eigenvalue weighted by atomic mass is 9.79. The van der Waals surface area contributed by atoms with E-state index in [0.717, 1.165) is 32.4 Å². The summed E-state index contributed by atoms with van der Waals surface area (Å²) in [6.07, 6.45) is 5.05. The maximum Gasteiger partial charge on any atom is 0.103 e. The van der Waals surface area contributed by atoms with E-state index in [4.69, 9.17) is 0 Å². The Morgan fingerprint density at radius 2 is 2.17 bits per heavy atom. The van der Waals surface area contributed by atoms with Crippen LogP contribution < -0.4 is 5.32 Å². The van der Waals surface area contributed by atoms with Crippen LogP contribution >= 0.6 is 0 Å². The van der Waals surface area contributed by atoms with Gasteiger partial charge in [-0.2, -0.15) is 0 Å². The molecular formula is C10H18FN. The first kappa shape index (κ1) is 8.49. The van der Waals surface area contributed by atoms with Crippen molar-refractivity contribution in [3.63, 3.8) is 0 Å². The predicted octanol–water partition coefficient (Wildman–Crippen LogP) is 2.12. The molecule has 12 heavy (non-hydrogen) atoms. The van der Waals surface area contributed by atoms with Crippen molar-refractivity contribution in [2.75, 3.05) is 13.1 Å². The molecule has 1 heterocycles. The Kier molecular flexibility index (Phi) is 2.64. The molecule has 1 aliphatic heterocycles. The fourth-order valence-electron chi connectivity index (χ4n) is 2.23. The highest BCUT2D eigenvalue weighted by molar-refractivity contribution is 4.82. The summed E-state index contributed by atoms with van der Waals surface area (Å²) in [5.41, 5.74) is 0. The minimum atomic E-state index is -0.497. The van der Waals surface area contributed by atoms with Crippen molar-refractivity contribution in [2.24, 2.45) is 11.8 Å². The summed E-state index contributed by atoms with van der Waals surface area (Å²) in [6.45, 7) is 2.15. The van der Waals surface area contributed by atoms with Gasteiger partial charge in [-0.25, -0.2) is 4.39 Å². The highest BCUT2D eigenvalue weighted by atomic mass is 19.1. The van der Waals surface area contributed by atoms with Gasteiger partial charge in [-0.3, -0.25) is 0 Å². The number of halogens is 1. The van der Waals surface area contributed by atoms with Gasteiger partial charge in [0.15, 0.2) is 0 Å². The zero-order valence-corrected chi connectivity index (χ0v) is 7.56. The number of hydrogen-bond donors (Lipinski definition) is 1. The van der Waals surface area contributed by atoms with Crippen LogP contribution in [0, 0.1) is 11.8 Å². The van der Waals surface area contributed by atoms with E-state index in [1.165, 1.54) is 12.8 Å². The van der Waals surface area contributed by atoms with E-state index in [1.807, 2.05) is 0 Å². The Morgan fingerprint density at radius 1 is 1.33 bits per heavy atom. The van der Waals surface area contributed by atoms with Crippen molar-refractivity contribution in [3.05, 3.63) is 0 Å². The van der Waals surface area contributed by atoms with Crippen LogP contribution in [-0.2, 0) is 0 Å². The van der Waals surface area contributed by atoms with Gasteiger partial charge in [0.25, 0.3) is 0 Å². The molecule has 1 nitrogen and oxygen atoms in total. The van der Waals surface area contributed by atoms with E-state index < -0.39 is 6.17 Å². The van der Waals surface area contributed by atoms with Crippen LogP contribution in [0.25, 0.3) is 0 Å². The summed E-state index contributed by atoms with van der Waals surface area (Å²) < 4.78 is 13.5. The lowest BCUT2D eigenvalue weighted by Crippen LogP contribution is -2.26. The second kappa shape index (κ2) is 3.73. The molecule has 1 N–H and O–H groups in total. The third kappa shape index (κ3) is 1.79. The van der Waals surface area contributed by atoms with Gasteiger partial charge in [-0.15, -0.1) is 0 Å². The molecule has 1 saturated heterocycles. The predicted molar refractivity (Wildman–Crippen MR) is 47.8 cm³/mol. The quantitative estimate of drug-likeness (QED) is 0.686. The maximum absolute atomic E-state index is 13.5. The molecule has 0 aromatic rings. The monoisotopic (exact) mass is 171 g/mol. The Morgan fingerprint density at radius 3 is 2.67 bits per heavy atom. The smallest absolute Gasteiger partial charge is 0.103 e. The van der Waals surface area contributed by atoms with E-state index in [1.54, 1.807) is 0 Å². The molecular weight excluding hydrogens is 153 g/mol. The van der Waals surface area contributed by atoms with Gasteiger partial charge < -0.3 is 5.32 Å². The zero-order chi connectivity index (χ0) is 8.39. The van der Waals surface area contributed by atoms with Crippen molar-refractivity contribution in [2.45, 2.75) is 38.3 Å². The number of hydrogen-bond acceptors (Lipinski definition) is 1. The van der Waals surface area contributed by atoms with Crippen LogP contribution in [0.3, 0.4) is 0 Å². The van der Waals surface area contributed by atoms with Crippen molar-refractivity contribution in [1.82, 2.24) is 5.32 Å². The van der Waals surface area contributed by atoms with Gasteiger partial charge in [-0.1, -0.05) is 6.42 Å². The van der Waals surface area contributed by atoms with Gasteiger partial charge >= 0.3 is 0 Å². The van der Waals surface area contributed by atoms with Crippen LogP contribution in [-0.4, -0.2) is 19.3 Å². The summed E-state index contributed by atoms with van der Waals surface area (Å²) in [5, 5.41) is 3.29. The fraction of sp³-hybridized carbons (Fsp3) is 1.00. The van der Waals surface area contributed by atoms with Crippen LogP contribution in [0.1, 0.15) is 32.1 Å². The topological polar surface area (TPSA) is 12.0 Å². The number of rotatable bonds is 3. The summed E-state index contributed by atoms with van der Waals surface area (Å²) in [7, 11) is 0. The first-order valence-corrected chi connectivity index (χ1v) is 5.21. The standard InChI is InChI=1S/C10H18FN/c11-10(9-2-1-3-9)6-8-4-5-12-7-8/h8-10,12H,1-7H2. The average molecular weight is 171 g/mol. The van der Waals surface area contributed by atoms with E-state index >= 15 is 0 Å². The average Bonchev–Trinajstić information content (AvgIpc) is 2.34. The third-order valence-corrected chi connectivity index (χ3v) is 3.38. The van der Waals surface area contributed by atoms with Gasteiger partial charge in [-0.05, 0) is 50.6 Å². The van der Waals surface area contributed by atoms with Crippen LogP contribution in [0.4, 0.5) is 4.39 Å². The molecule has 2 aliphatic rings. The summed E-state index contributed by atoms with van der Waals surface area (Å²) in [6, 6.07) is 0. The fourth-order valence-corrected chi connectivity index (χ4v) is 2.23. The SMILES string of the molecule is FC(CC1CCNC1)C1CCC1. The first-order chi connectivity index (χ1) is 5.86. The van der Waals surface area contributed by atoms with Crippen LogP contribution in [0.15, 0.2) is 0 Å². The second-order valence-electron chi connectivity index (χ2n) is 4.30. The second-order valence-corrected chi connectivity index (χ2v) is 4.30. The highest BCUT2D eigenvalue weighted by Gasteiger charge is 2.29. The van der Waals surface area contributed by atoms with Gasteiger partial charge in [0.05, 0.1) is 0 Å². The Balaban J connectivity index is 1.69. The molecule has 2 unspecified atom stereocenters. The Hall–Kier alpha value is -0.110. The Bertz CT molecular complexity index is 139. The highest BCUT2D eigenvalue weighted by Crippen LogP contribution is 2.34. The minimum absolute atomic E-state index is 0.422. The molecule has 2 fully saturated rings. The lowest BCUT2D eigenvalue weighted by molar-refractivity contribution is 0.125. The molecule has 0 bridgehead atoms. The van der Waals surface area contributed by atoms with E-state index in [0.29, 0.717) is 11.8 Å². The lowest BCUT2D eigenvalue weighted by Gasteiger charge is -2.29.